The normalized spacial score (nSPS) is 17.0. The highest BCUT2D eigenvalue weighted by Gasteiger charge is 2.48. The molecule has 0 spiro atoms. The summed E-state index contributed by atoms with van der Waals surface area (Å²) in [4.78, 5) is 39.2. The molecule has 3 aromatic carbocycles. The second-order valence-electron chi connectivity index (χ2n) is 7.50. The lowest BCUT2D eigenvalue weighted by Gasteiger charge is -2.27. The van der Waals surface area contributed by atoms with Crippen molar-refractivity contribution in [1.29, 1.82) is 0 Å². The maximum atomic E-state index is 13.3. The van der Waals surface area contributed by atoms with E-state index in [1.54, 1.807) is 48.5 Å². The Morgan fingerprint density at radius 3 is 2.21 bits per heavy atom. The zero-order chi connectivity index (χ0) is 24.4. The fraction of sp³-hybridized carbons (Fsp3) is 0.115. The fourth-order valence-electron chi connectivity index (χ4n) is 3.98. The van der Waals surface area contributed by atoms with Crippen LogP contribution in [0.1, 0.15) is 27.5 Å². The molecule has 172 valence electrons. The highest BCUT2D eigenvalue weighted by molar-refractivity contribution is 6.51. The number of aliphatic hydroxyl groups excluding tert-OH is 1. The van der Waals surface area contributed by atoms with E-state index in [0.29, 0.717) is 22.6 Å². The Hall–Kier alpha value is -4.59. The van der Waals surface area contributed by atoms with Crippen LogP contribution >= 0.6 is 0 Å². The number of methoxy groups -OCH3 is 2. The van der Waals surface area contributed by atoms with Crippen LogP contribution in [0.2, 0.25) is 0 Å². The van der Waals surface area contributed by atoms with Crippen LogP contribution in [0.25, 0.3) is 5.76 Å². The predicted octanol–water partition coefficient (Wildman–Crippen LogP) is 4.03. The Kier molecular flexibility index (Phi) is 6.05. The van der Waals surface area contributed by atoms with E-state index in [1.807, 2.05) is 0 Å². The molecule has 1 amide bonds. The number of ketones is 1. The van der Waals surface area contributed by atoms with E-state index >= 15 is 0 Å². The SMILES string of the molecule is COc1ccc(C2C(=C(O)c3ccccc3)C(=O)C(=O)N2c2cccc(C(=O)O)c2)c(OC)c1. The number of aliphatic hydroxyl groups is 1. The number of benzene rings is 3. The van der Waals surface area contributed by atoms with Crippen LogP contribution in [0.4, 0.5) is 5.69 Å². The zero-order valence-electron chi connectivity index (χ0n) is 18.4. The lowest BCUT2D eigenvalue weighted by molar-refractivity contribution is -0.132. The topological polar surface area (TPSA) is 113 Å². The molecular weight excluding hydrogens is 438 g/mol. The number of Topliss-reactive ketones (excluding diaryl/α,β-unsaturated/α-hetero) is 1. The summed E-state index contributed by atoms with van der Waals surface area (Å²) in [6.45, 7) is 0. The number of carboxylic acids is 1. The Morgan fingerprint density at radius 1 is 0.853 bits per heavy atom. The Bertz CT molecular complexity index is 1310. The zero-order valence-corrected chi connectivity index (χ0v) is 18.4. The van der Waals surface area contributed by atoms with Crippen molar-refractivity contribution in [1.82, 2.24) is 0 Å². The molecule has 0 aromatic heterocycles. The van der Waals surface area contributed by atoms with Crippen molar-refractivity contribution in [2.24, 2.45) is 0 Å². The number of ether oxygens (including phenoxy) is 2. The summed E-state index contributed by atoms with van der Waals surface area (Å²) in [5.41, 5.74) is 0.776. The largest absolute Gasteiger partial charge is 0.507 e. The first kappa shape index (κ1) is 22.6. The Morgan fingerprint density at radius 2 is 1.56 bits per heavy atom. The van der Waals surface area contributed by atoms with Crippen LogP contribution in [-0.2, 0) is 9.59 Å². The number of carbonyl (C=O) groups excluding carboxylic acids is 2. The molecule has 0 radical (unpaired) electrons. The molecule has 1 aliphatic heterocycles. The molecule has 0 saturated carbocycles. The first-order chi connectivity index (χ1) is 16.4. The number of amides is 1. The molecular formula is C26H21NO7. The number of hydrogen-bond donors (Lipinski definition) is 2. The summed E-state index contributed by atoms with van der Waals surface area (Å²) in [5.74, 6) is -2.51. The van der Waals surface area contributed by atoms with Crippen LogP contribution in [0.3, 0.4) is 0 Å². The van der Waals surface area contributed by atoms with Gasteiger partial charge in [0.1, 0.15) is 17.3 Å². The average molecular weight is 459 g/mol. The summed E-state index contributed by atoms with van der Waals surface area (Å²) in [5, 5.41) is 20.6. The van der Waals surface area contributed by atoms with Gasteiger partial charge < -0.3 is 19.7 Å². The standard InChI is InChI=1S/C26H21NO7/c1-33-18-11-12-19(20(14-18)34-2)22-21(23(28)15-7-4-3-5-8-15)24(29)25(30)27(22)17-10-6-9-16(13-17)26(31)32/h3-14,22,28H,1-2H3,(H,31,32). The smallest absolute Gasteiger partial charge is 0.335 e. The van der Waals surface area contributed by atoms with Gasteiger partial charge in [-0.15, -0.1) is 0 Å². The molecule has 0 bridgehead atoms. The van der Waals surface area contributed by atoms with Crippen molar-refractivity contribution in [2.45, 2.75) is 6.04 Å². The predicted molar refractivity (Wildman–Crippen MR) is 124 cm³/mol. The second kappa shape index (κ2) is 9.11. The minimum Gasteiger partial charge on any atom is -0.507 e. The summed E-state index contributed by atoms with van der Waals surface area (Å²) < 4.78 is 10.8. The highest BCUT2D eigenvalue weighted by Crippen LogP contribution is 2.45. The average Bonchev–Trinajstić information content (AvgIpc) is 3.13. The van der Waals surface area contributed by atoms with Crippen LogP contribution in [0, 0.1) is 0 Å². The molecule has 4 rings (SSSR count). The Balaban J connectivity index is 2.00. The van der Waals surface area contributed by atoms with Gasteiger partial charge in [-0.1, -0.05) is 36.4 Å². The maximum Gasteiger partial charge on any atom is 0.335 e. The lowest BCUT2D eigenvalue weighted by atomic mass is 9.94. The summed E-state index contributed by atoms with van der Waals surface area (Å²) in [7, 11) is 2.93. The van der Waals surface area contributed by atoms with Gasteiger partial charge in [-0.05, 0) is 30.3 Å². The van der Waals surface area contributed by atoms with E-state index < -0.39 is 23.7 Å². The van der Waals surface area contributed by atoms with Gasteiger partial charge >= 0.3 is 5.97 Å². The number of nitrogens with zero attached hydrogens (tertiary/aromatic N) is 1. The summed E-state index contributed by atoms with van der Waals surface area (Å²) >= 11 is 0. The molecule has 1 aliphatic rings. The van der Waals surface area contributed by atoms with Crippen LogP contribution < -0.4 is 14.4 Å². The number of rotatable bonds is 6. The fourth-order valence-corrected chi connectivity index (χ4v) is 3.98. The molecule has 1 unspecified atom stereocenters. The molecule has 3 aromatic rings. The van der Waals surface area contributed by atoms with E-state index in [2.05, 4.69) is 0 Å². The summed E-state index contributed by atoms with van der Waals surface area (Å²) in [6.07, 6.45) is 0. The molecule has 34 heavy (non-hydrogen) atoms. The molecule has 1 saturated heterocycles. The van der Waals surface area contributed by atoms with Gasteiger partial charge in [0.15, 0.2) is 0 Å². The van der Waals surface area contributed by atoms with Gasteiger partial charge in [-0.2, -0.15) is 0 Å². The quantitative estimate of drug-likeness (QED) is 0.325. The van der Waals surface area contributed by atoms with E-state index in [1.165, 1.54) is 43.4 Å². The lowest BCUT2D eigenvalue weighted by Crippen LogP contribution is -2.29. The number of carboxylic acid groups (broad SMARTS) is 1. The molecule has 0 aliphatic carbocycles. The van der Waals surface area contributed by atoms with Gasteiger partial charge in [0.25, 0.3) is 11.7 Å². The maximum absolute atomic E-state index is 13.3. The minimum absolute atomic E-state index is 0.0529. The van der Waals surface area contributed by atoms with Crippen LogP contribution in [0.15, 0.2) is 78.4 Å². The van der Waals surface area contributed by atoms with Crippen LogP contribution in [-0.4, -0.2) is 42.1 Å². The van der Waals surface area contributed by atoms with Crippen molar-refractivity contribution in [3.05, 3.63) is 95.1 Å². The monoisotopic (exact) mass is 459 g/mol. The molecule has 8 heteroatoms. The molecule has 8 nitrogen and oxygen atoms in total. The van der Waals surface area contributed by atoms with Crippen LogP contribution in [0.5, 0.6) is 11.5 Å². The van der Waals surface area contributed by atoms with Gasteiger partial charge in [-0.25, -0.2) is 4.79 Å². The third-order valence-electron chi connectivity index (χ3n) is 5.60. The van der Waals surface area contributed by atoms with E-state index in [4.69, 9.17) is 9.47 Å². The van der Waals surface area contributed by atoms with Gasteiger partial charge in [0.2, 0.25) is 0 Å². The number of aromatic carboxylic acids is 1. The molecule has 2 N–H and O–H groups in total. The van der Waals surface area contributed by atoms with Gasteiger partial charge in [0, 0.05) is 22.9 Å². The molecule has 1 heterocycles. The number of carbonyl (C=O) groups is 3. The van der Waals surface area contributed by atoms with Gasteiger partial charge in [0.05, 0.1) is 31.4 Å². The third-order valence-corrected chi connectivity index (χ3v) is 5.60. The number of anilines is 1. The van der Waals surface area contributed by atoms with Crippen molar-refractivity contribution in [2.75, 3.05) is 19.1 Å². The van der Waals surface area contributed by atoms with Crippen molar-refractivity contribution >= 4 is 29.1 Å². The van der Waals surface area contributed by atoms with Crippen molar-refractivity contribution in [3.63, 3.8) is 0 Å². The first-order valence-corrected chi connectivity index (χ1v) is 10.3. The molecule has 1 atom stereocenters. The van der Waals surface area contributed by atoms with E-state index in [-0.39, 0.29) is 22.6 Å². The third kappa shape index (κ3) is 3.86. The van der Waals surface area contributed by atoms with E-state index in [0.717, 1.165) is 0 Å². The van der Waals surface area contributed by atoms with Gasteiger partial charge in [-0.3, -0.25) is 14.5 Å². The summed E-state index contributed by atoms with van der Waals surface area (Å²) in [6, 6.07) is 17.9. The van der Waals surface area contributed by atoms with Crippen molar-refractivity contribution in [3.8, 4) is 11.5 Å². The highest BCUT2D eigenvalue weighted by atomic mass is 16.5. The van der Waals surface area contributed by atoms with E-state index in [9.17, 15) is 24.6 Å². The van der Waals surface area contributed by atoms with Crippen molar-refractivity contribution < 1.29 is 34.1 Å². The second-order valence-corrected chi connectivity index (χ2v) is 7.50. The minimum atomic E-state index is -1.18. The number of hydrogen-bond acceptors (Lipinski definition) is 6. The Labute approximate surface area is 195 Å². The first-order valence-electron chi connectivity index (χ1n) is 10.3. The molecule has 1 fully saturated rings.